The number of ether oxygens (including phenoxy) is 1. The van der Waals surface area contributed by atoms with E-state index in [9.17, 15) is 0 Å². The molecule has 0 aliphatic carbocycles. The van der Waals surface area contributed by atoms with E-state index < -0.39 is 0 Å². The van der Waals surface area contributed by atoms with Crippen LogP contribution in [0.4, 0.5) is 0 Å². The zero-order valence-corrected chi connectivity index (χ0v) is 8.34. The van der Waals surface area contributed by atoms with Crippen molar-refractivity contribution in [3.05, 3.63) is 60.9 Å². The van der Waals surface area contributed by atoms with E-state index in [1.807, 2.05) is 19.1 Å². The summed E-state index contributed by atoms with van der Waals surface area (Å²) in [5.41, 5.74) is 1.90. The van der Waals surface area contributed by atoms with Gasteiger partial charge in [-0.25, -0.2) is 0 Å². The summed E-state index contributed by atoms with van der Waals surface area (Å²) in [6, 6.07) is 0. The number of methoxy groups -OCH3 is 1. The number of hydrogen-bond donors (Lipinski definition) is 0. The number of hydrogen-bond acceptors (Lipinski definition) is 1. The van der Waals surface area contributed by atoms with Gasteiger partial charge in [0.05, 0.1) is 7.11 Å². The molecular formula is C12H16O. The fraction of sp³-hybridized carbons (Fsp3) is 0.167. The van der Waals surface area contributed by atoms with Crippen molar-refractivity contribution < 1.29 is 4.74 Å². The van der Waals surface area contributed by atoms with E-state index in [4.69, 9.17) is 4.74 Å². The van der Waals surface area contributed by atoms with Crippen LogP contribution in [-0.2, 0) is 4.74 Å². The van der Waals surface area contributed by atoms with Gasteiger partial charge < -0.3 is 4.74 Å². The van der Waals surface area contributed by atoms with E-state index in [1.54, 1.807) is 19.3 Å². The Balaban J connectivity index is 5.02. The molecule has 0 atom stereocenters. The predicted octanol–water partition coefficient (Wildman–Crippen LogP) is 3.39. The van der Waals surface area contributed by atoms with Crippen molar-refractivity contribution in [2.45, 2.75) is 6.92 Å². The first-order chi connectivity index (χ1) is 6.21. The molecule has 70 valence electrons. The Labute approximate surface area is 80.4 Å². The van der Waals surface area contributed by atoms with Crippen LogP contribution in [0.5, 0.6) is 0 Å². The second kappa shape index (κ2) is 6.06. The van der Waals surface area contributed by atoms with Crippen molar-refractivity contribution in [3.8, 4) is 0 Å². The molecule has 0 rings (SSSR count). The fourth-order valence-corrected chi connectivity index (χ4v) is 0.961. The number of allylic oxidation sites excluding steroid dienone is 5. The molecule has 0 unspecified atom stereocenters. The molecule has 0 aliphatic heterocycles. The average Bonchev–Trinajstić information content (AvgIpc) is 2.17. The topological polar surface area (TPSA) is 9.23 Å². The van der Waals surface area contributed by atoms with Gasteiger partial charge in [-0.15, -0.1) is 0 Å². The molecule has 13 heavy (non-hydrogen) atoms. The zero-order chi connectivity index (χ0) is 10.3. The standard InChI is InChI=1S/C12H16O/c1-6-9-12(10(4)13-5)11(7-2)8-3/h6-9H,1-2,4H2,3,5H3/b11-8-,12-9-. The van der Waals surface area contributed by atoms with Crippen molar-refractivity contribution in [3.63, 3.8) is 0 Å². The Morgan fingerprint density at radius 2 is 1.92 bits per heavy atom. The van der Waals surface area contributed by atoms with Crippen molar-refractivity contribution in [1.82, 2.24) is 0 Å². The Morgan fingerprint density at radius 3 is 2.23 bits per heavy atom. The maximum absolute atomic E-state index is 5.05. The zero-order valence-electron chi connectivity index (χ0n) is 8.34. The predicted molar refractivity (Wildman–Crippen MR) is 58.4 cm³/mol. The van der Waals surface area contributed by atoms with Gasteiger partial charge in [0.2, 0.25) is 0 Å². The van der Waals surface area contributed by atoms with E-state index in [-0.39, 0.29) is 0 Å². The fourth-order valence-electron chi connectivity index (χ4n) is 0.961. The maximum atomic E-state index is 5.05. The Morgan fingerprint density at radius 1 is 1.31 bits per heavy atom. The molecular weight excluding hydrogens is 160 g/mol. The van der Waals surface area contributed by atoms with Crippen molar-refractivity contribution in [2.24, 2.45) is 0 Å². The molecule has 1 heteroatoms. The summed E-state index contributed by atoms with van der Waals surface area (Å²) in [5.74, 6) is 0.618. The third-order valence-corrected chi connectivity index (χ3v) is 1.67. The van der Waals surface area contributed by atoms with Gasteiger partial charge in [-0.05, 0) is 12.5 Å². The molecule has 0 radical (unpaired) electrons. The molecule has 0 heterocycles. The lowest BCUT2D eigenvalue weighted by Gasteiger charge is -2.09. The van der Waals surface area contributed by atoms with Crippen LogP contribution in [0.3, 0.4) is 0 Å². The lowest BCUT2D eigenvalue weighted by atomic mass is 10.0. The van der Waals surface area contributed by atoms with E-state index in [1.165, 1.54) is 0 Å². The molecule has 0 amide bonds. The van der Waals surface area contributed by atoms with Gasteiger partial charge in [-0.1, -0.05) is 44.0 Å². The van der Waals surface area contributed by atoms with Crippen LogP contribution in [0.2, 0.25) is 0 Å². The summed E-state index contributed by atoms with van der Waals surface area (Å²) in [4.78, 5) is 0. The van der Waals surface area contributed by atoms with Gasteiger partial charge in [-0.3, -0.25) is 0 Å². The molecule has 0 spiro atoms. The van der Waals surface area contributed by atoms with Crippen molar-refractivity contribution in [1.29, 1.82) is 0 Å². The minimum atomic E-state index is 0.618. The lowest BCUT2D eigenvalue weighted by Crippen LogP contribution is -1.93. The van der Waals surface area contributed by atoms with Crippen molar-refractivity contribution >= 4 is 0 Å². The normalized spacial score (nSPS) is 12.2. The molecule has 0 bridgehead atoms. The van der Waals surface area contributed by atoms with E-state index in [0.717, 1.165) is 11.1 Å². The molecule has 0 aromatic rings. The molecule has 0 saturated heterocycles. The monoisotopic (exact) mass is 176 g/mol. The minimum Gasteiger partial charge on any atom is -0.497 e. The first-order valence-electron chi connectivity index (χ1n) is 4.06. The molecule has 0 saturated carbocycles. The average molecular weight is 176 g/mol. The van der Waals surface area contributed by atoms with Crippen LogP contribution in [0.1, 0.15) is 6.92 Å². The van der Waals surface area contributed by atoms with Crippen LogP contribution in [0, 0.1) is 0 Å². The van der Waals surface area contributed by atoms with Gasteiger partial charge in [-0.2, -0.15) is 0 Å². The smallest absolute Gasteiger partial charge is 0.119 e. The van der Waals surface area contributed by atoms with Crippen LogP contribution in [0.15, 0.2) is 60.9 Å². The van der Waals surface area contributed by atoms with Gasteiger partial charge in [0.1, 0.15) is 5.76 Å². The summed E-state index contributed by atoms with van der Waals surface area (Å²) < 4.78 is 5.05. The Kier molecular flexibility index (Phi) is 5.37. The second-order valence-electron chi connectivity index (χ2n) is 2.39. The van der Waals surface area contributed by atoms with Crippen LogP contribution in [0.25, 0.3) is 0 Å². The molecule has 0 N–H and O–H groups in total. The van der Waals surface area contributed by atoms with E-state index >= 15 is 0 Å². The summed E-state index contributed by atoms with van der Waals surface area (Å²) in [6.07, 6.45) is 7.27. The molecule has 0 aromatic heterocycles. The SMILES string of the molecule is C=C/C=C(C(=C)OC)\C(C=C)=C/C. The minimum absolute atomic E-state index is 0.618. The highest BCUT2D eigenvalue weighted by Gasteiger charge is 2.04. The highest BCUT2D eigenvalue weighted by Crippen LogP contribution is 2.19. The highest BCUT2D eigenvalue weighted by atomic mass is 16.5. The Bertz CT molecular complexity index is 267. The highest BCUT2D eigenvalue weighted by molar-refractivity contribution is 5.49. The summed E-state index contributed by atoms with van der Waals surface area (Å²) in [7, 11) is 1.59. The van der Waals surface area contributed by atoms with Crippen LogP contribution >= 0.6 is 0 Å². The van der Waals surface area contributed by atoms with Crippen molar-refractivity contribution in [2.75, 3.05) is 7.11 Å². The second-order valence-corrected chi connectivity index (χ2v) is 2.39. The third kappa shape index (κ3) is 3.16. The molecule has 0 aromatic carbocycles. The van der Waals surface area contributed by atoms with Crippen LogP contribution in [-0.4, -0.2) is 7.11 Å². The lowest BCUT2D eigenvalue weighted by molar-refractivity contribution is 0.304. The van der Waals surface area contributed by atoms with Gasteiger partial charge in [0.15, 0.2) is 0 Å². The molecule has 0 aliphatic rings. The van der Waals surface area contributed by atoms with Gasteiger partial charge >= 0.3 is 0 Å². The van der Waals surface area contributed by atoms with Gasteiger partial charge in [0.25, 0.3) is 0 Å². The quantitative estimate of drug-likeness (QED) is 0.461. The van der Waals surface area contributed by atoms with Crippen LogP contribution < -0.4 is 0 Å². The summed E-state index contributed by atoms with van der Waals surface area (Å²) >= 11 is 0. The molecule has 1 nitrogen and oxygen atoms in total. The van der Waals surface area contributed by atoms with E-state index in [0.29, 0.717) is 5.76 Å². The molecule has 0 fully saturated rings. The third-order valence-electron chi connectivity index (χ3n) is 1.67. The van der Waals surface area contributed by atoms with Gasteiger partial charge in [0, 0.05) is 5.57 Å². The van der Waals surface area contributed by atoms with E-state index in [2.05, 4.69) is 19.7 Å². The summed E-state index contributed by atoms with van der Waals surface area (Å²) in [5, 5.41) is 0. The summed E-state index contributed by atoms with van der Waals surface area (Å²) in [6.45, 7) is 13.1. The Hall–Kier alpha value is -1.50. The first-order valence-corrected chi connectivity index (χ1v) is 4.06. The number of rotatable bonds is 5. The first kappa shape index (κ1) is 11.5. The largest absolute Gasteiger partial charge is 0.497 e. The maximum Gasteiger partial charge on any atom is 0.119 e.